The Bertz CT molecular complexity index is 612. The van der Waals surface area contributed by atoms with Crippen molar-refractivity contribution >= 4 is 44.8 Å². The molecule has 5 nitrogen and oxygen atoms in total. The molecule has 104 valence electrons. The summed E-state index contributed by atoms with van der Waals surface area (Å²) in [5.41, 5.74) is 0.428. The van der Waals surface area contributed by atoms with Gasteiger partial charge in [-0.1, -0.05) is 23.2 Å². The third-order valence-electron chi connectivity index (χ3n) is 2.87. The first-order chi connectivity index (χ1) is 8.77. The van der Waals surface area contributed by atoms with Crippen LogP contribution in [0.1, 0.15) is 0 Å². The Morgan fingerprint density at radius 2 is 2.00 bits per heavy atom. The molecule has 1 heterocycles. The number of nitrogens with zero attached hydrogens (tertiary/aromatic N) is 1. The van der Waals surface area contributed by atoms with Gasteiger partial charge >= 0.3 is 0 Å². The molecule has 0 spiro atoms. The first-order valence-corrected chi connectivity index (χ1v) is 8.09. The fourth-order valence-corrected chi connectivity index (χ4v) is 2.94. The number of benzene rings is 1. The number of amides is 1. The topological polar surface area (TPSA) is 66.5 Å². The lowest BCUT2D eigenvalue weighted by molar-refractivity contribution is -0.122. The first kappa shape index (κ1) is 14.6. The van der Waals surface area contributed by atoms with Crippen LogP contribution in [0, 0.1) is 5.92 Å². The van der Waals surface area contributed by atoms with Gasteiger partial charge in [-0.3, -0.25) is 4.79 Å². The van der Waals surface area contributed by atoms with E-state index in [1.807, 2.05) is 0 Å². The van der Waals surface area contributed by atoms with Gasteiger partial charge < -0.3 is 5.32 Å². The van der Waals surface area contributed by atoms with E-state index in [2.05, 4.69) is 5.32 Å². The molecule has 8 heteroatoms. The van der Waals surface area contributed by atoms with E-state index in [0.717, 1.165) is 6.26 Å². The molecule has 0 bridgehead atoms. The van der Waals surface area contributed by atoms with E-state index in [1.165, 1.54) is 4.31 Å². The first-order valence-electron chi connectivity index (χ1n) is 5.48. The molecule has 0 atom stereocenters. The molecule has 1 aliphatic heterocycles. The highest BCUT2D eigenvalue weighted by atomic mass is 35.5. The van der Waals surface area contributed by atoms with Crippen LogP contribution in [0.3, 0.4) is 0 Å². The Hall–Kier alpha value is -0.820. The van der Waals surface area contributed by atoms with E-state index in [4.69, 9.17) is 23.2 Å². The summed E-state index contributed by atoms with van der Waals surface area (Å²) < 4.78 is 23.6. The molecule has 1 aromatic carbocycles. The summed E-state index contributed by atoms with van der Waals surface area (Å²) in [6.45, 7) is 0.395. The van der Waals surface area contributed by atoms with Crippen LogP contribution in [-0.4, -0.2) is 38.0 Å². The van der Waals surface area contributed by atoms with Crippen molar-refractivity contribution in [2.45, 2.75) is 0 Å². The van der Waals surface area contributed by atoms with Crippen LogP contribution in [-0.2, 0) is 14.8 Å². The molecular weight excluding hydrogens is 311 g/mol. The van der Waals surface area contributed by atoms with E-state index in [1.54, 1.807) is 18.2 Å². The van der Waals surface area contributed by atoms with Gasteiger partial charge in [0.05, 0.1) is 22.9 Å². The van der Waals surface area contributed by atoms with E-state index < -0.39 is 10.0 Å². The summed E-state index contributed by atoms with van der Waals surface area (Å²) in [7, 11) is -3.21. The minimum Gasteiger partial charge on any atom is -0.324 e. The number of carbonyl (C=O) groups excluding carboxylic acids is 1. The highest BCUT2D eigenvalue weighted by molar-refractivity contribution is 7.88. The molecule has 1 aromatic rings. The summed E-state index contributed by atoms with van der Waals surface area (Å²) in [6, 6.07) is 4.76. The predicted molar refractivity (Wildman–Crippen MR) is 75.0 cm³/mol. The fraction of sp³-hybridized carbons (Fsp3) is 0.364. The SMILES string of the molecule is CS(=O)(=O)N1CC(C(=O)Nc2cc(Cl)ccc2Cl)C1. The lowest BCUT2D eigenvalue weighted by atomic mass is 10.0. The number of hydrogen-bond donors (Lipinski definition) is 1. The minimum absolute atomic E-state index is 0.197. The summed E-state index contributed by atoms with van der Waals surface area (Å²) in [6.07, 6.45) is 1.12. The number of anilines is 1. The zero-order valence-electron chi connectivity index (χ0n) is 10.1. The maximum absolute atomic E-state index is 11.9. The average molecular weight is 323 g/mol. The summed E-state index contributed by atoms with van der Waals surface area (Å²) in [5.74, 6) is -0.617. The van der Waals surface area contributed by atoms with Crippen molar-refractivity contribution in [2.75, 3.05) is 24.7 Å². The van der Waals surface area contributed by atoms with Gasteiger partial charge in [0.25, 0.3) is 0 Å². The molecule has 0 radical (unpaired) electrons. The van der Waals surface area contributed by atoms with Gasteiger partial charge in [-0.05, 0) is 18.2 Å². The number of rotatable bonds is 3. The van der Waals surface area contributed by atoms with E-state index in [0.29, 0.717) is 15.7 Å². The molecule has 0 unspecified atom stereocenters. The summed E-state index contributed by atoms with van der Waals surface area (Å²) in [4.78, 5) is 11.9. The van der Waals surface area contributed by atoms with Gasteiger partial charge in [-0.25, -0.2) is 12.7 Å². The van der Waals surface area contributed by atoms with Gasteiger partial charge in [-0.15, -0.1) is 0 Å². The highest BCUT2D eigenvalue weighted by Crippen LogP contribution is 2.27. The second kappa shape index (κ2) is 5.28. The number of sulfonamides is 1. The average Bonchev–Trinajstić information content (AvgIpc) is 2.19. The normalized spacial score (nSPS) is 17.0. The van der Waals surface area contributed by atoms with Crippen molar-refractivity contribution in [1.82, 2.24) is 4.31 Å². The van der Waals surface area contributed by atoms with Gasteiger partial charge in [0.1, 0.15) is 0 Å². The predicted octanol–water partition coefficient (Wildman–Crippen LogP) is 1.82. The maximum atomic E-state index is 11.9. The van der Waals surface area contributed by atoms with Gasteiger partial charge in [0.2, 0.25) is 15.9 Å². The molecule has 1 aliphatic rings. The molecule has 0 saturated carbocycles. The van der Waals surface area contributed by atoms with Crippen LogP contribution in [0.5, 0.6) is 0 Å². The van der Waals surface area contributed by atoms with Crippen LogP contribution < -0.4 is 5.32 Å². The Labute approximate surface area is 121 Å². The second-order valence-electron chi connectivity index (χ2n) is 4.39. The van der Waals surface area contributed by atoms with Gasteiger partial charge in [0, 0.05) is 18.1 Å². The molecule has 0 aromatic heterocycles. The Balaban J connectivity index is 1.98. The third kappa shape index (κ3) is 3.39. The van der Waals surface area contributed by atoms with Crippen molar-refractivity contribution in [3.63, 3.8) is 0 Å². The van der Waals surface area contributed by atoms with E-state index in [9.17, 15) is 13.2 Å². The molecular formula is C11H12Cl2N2O3S. The Kier molecular flexibility index (Phi) is 4.06. The number of hydrogen-bond acceptors (Lipinski definition) is 3. The van der Waals surface area contributed by atoms with Crippen LogP contribution in [0.4, 0.5) is 5.69 Å². The highest BCUT2D eigenvalue weighted by Gasteiger charge is 2.37. The van der Waals surface area contributed by atoms with Crippen molar-refractivity contribution in [1.29, 1.82) is 0 Å². The smallest absolute Gasteiger partial charge is 0.230 e. The molecule has 1 saturated heterocycles. The van der Waals surface area contributed by atoms with E-state index >= 15 is 0 Å². The lowest BCUT2D eigenvalue weighted by Gasteiger charge is -2.35. The van der Waals surface area contributed by atoms with E-state index in [-0.39, 0.29) is 24.9 Å². The molecule has 2 rings (SSSR count). The largest absolute Gasteiger partial charge is 0.324 e. The van der Waals surface area contributed by atoms with Crippen LogP contribution >= 0.6 is 23.2 Å². The van der Waals surface area contributed by atoms with Crippen molar-refractivity contribution < 1.29 is 13.2 Å². The number of carbonyl (C=O) groups is 1. The number of nitrogens with one attached hydrogen (secondary N) is 1. The molecule has 0 aliphatic carbocycles. The zero-order chi connectivity index (χ0) is 14.2. The second-order valence-corrected chi connectivity index (χ2v) is 7.22. The van der Waals surface area contributed by atoms with Crippen molar-refractivity contribution in [2.24, 2.45) is 5.92 Å². The quantitative estimate of drug-likeness (QED) is 0.923. The Morgan fingerprint density at radius 3 is 2.58 bits per heavy atom. The van der Waals surface area contributed by atoms with Gasteiger partial charge in [0.15, 0.2) is 0 Å². The molecule has 1 amide bonds. The van der Waals surface area contributed by atoms with Gasteiger partial charge in [-0.2, -0.15) is 0 Å². The minimum atomic E-state index is -3.21. The summed E-state index contributed by atoms with van der Waals surface area (Å²) in [5, 5.41) is 3.50. The fourth-order valence-electron chi connectivity index (χ4n) is 1.70. The lowest BCUT2D eigenvalue weighted by Crippen LogP contribution is -2.53. The maximum Gasteiger partial charge on any atom is 0.230 e. The third-order valence-corrected chi connectivity index (χ3v) is 4.67. The number of halogens is 2. The zero-order valence-corrected chi connectivity index (χ0v) is 12.4. The molecule has 19 heavy (non-hydrogen) atoms. The summed E-state index contributed by atoms with van der Waals surface area (Å²) >= 11 is 11.7. The standard InChI is InChI=1S/C11H12Cl2N2O3S/c1-19(17,18)15-5-7(6-15)11(16)14-10-4-8(12)2-3-9(10)13/h2-4,7H,5-6H2,1H3,(H,14,16). The Morgan fingerprint density at radius 1 is 1.37 bits per heavy atom. The van der Waals surface area contributed by atoms with Crippen LogP contribution in [0.25, 0.3) is 0 Å². The van der Waals surface area contributed by atoms with Crippen LogP contribution in [0.2, 0.25) is 10.0 Å². The van der Waals surface area contributed by atoms with Crippen molar-refractivity contribution in [3.05, 3.63) is 28.2 Å². The monoisotopic (exact) mass is 322 g/mol. The van der Waals surface area contributed by atoms with Crippen molar-refractivity contribution in [3.8, 4) is 0 Å². The van der Waals surface area contributed by atoms with Crippen LogP contribution in [0.15, 0.2) is 18.2 Å². The molecule has 1 N–H and O–H groups in total. The molecule has 1 fully saturated rings.